The Morgan fingerprint density at radius 2 is 2.05 bits per heavy atom. The van der Waals surface area contributed by atoms with E-state index in [1.54, 1.807) is 0 Å². The van der Waals surface area contributed by atoms with E-state index < -0.39 is 12.0 Å². The van der Waals surface area contributed by atoms with Crippen LogP contribution >= 0.6 is 0 Å². The van der Waals surface area contributed by atoms with Crippen LogP contribution in [0.25, 0.3) is 0 Å². The van der Waals surface area contributed by atoms with Gasteiger partial charge in [0.15, 0.2) is 0 Å². The van der Waals surface area contributed by atoms with Crippen molar-refractivity contribution in [3.63, 3.8) is 0 Å². The van der Waals surface area contributed by atoms with Gasteiger partial charge in [-0.1, -0.05) is 26.2 Å². The number of aliphatic carboxylic acids is 1. The first-order valence-electron chi connectivity index (χ1n) is 7.43. The number of carboxylic acid groups (broad SMARTS) is 1. The van der Waals surface area contributed by atoms with Crippen molar-refractivity contribution in [3.8, 4) is 0 Å². The minimum atomic E-state index is -0.936. The molecule has 1 aliphatic heterocycles. The molecule has 2 rings (SSSR count). The van der Waals surface area contributed by atoms with Crippen molar-refractivity contribution in [2.45, 2.75) is 64.0 Å². The van der Waals surface area contributed by atoms with Crippen LogP contribution in [0, 0.1) is 5.92 Å². The standard InChI is InChI=1S/C14H24N2O3/c1-2-5-11(13(17)18)15-14(19)16-9-8-10-6-3-4-7-12(10)16/h10-12H,2-9H2,1H3,(H,15,19)(H,17,18). The normalized spacial score (nSPS) is 27.7. The second-order valence-electron chi connectivity index (χ2n) is 5.72. The Bertz CT molecular complexity index is 346. The molecule has 0 spiro atoms. The lowest BCUT2D eigenvalue weighted by Gasteiger charge is -2.32. The molecule has 2 N–H and O–H groups in total. The van der Waals surface area contributed by atoms with E-state index in [1.165, 1.54) is 19.3 Å². The first kappa shape index (κ1) is 14.2. The summed E-state index contributed by atoms with van der Waals surface area (Å²) in [5, 5.41) is 11.8. The monoisotopic (exact) mass is 268 g/mol. The Labute approximate surface area is 114 Å². The van der Waals surface area contributed by atoms with Crippen molar-refractivity contribution in [2.75, 3.05) is 6.54 Å². The summed E-state index contributed by atoms with van der Waals surface area (Å²) in [6.07, 6.45) is 7.05. The number of hydrogen-bond donors (Lipinski definition) is 2. The fourth-order valence-corrected chi connectivity index (χ4v) is 3.44. The predicted octanol–water partition coefficient (Wildman–Crippen LogP) is 2.21. The summed E-state index contributed by atoms with van der Waals surface area (Å²) in [5.74, 6) is -0.302. The van der Waals surface area contributed by atoms with Gasteiger partial charge in [0.25, 0.3) is 0 Å². The minimum Gasteiger partial charge on any atom is -0.480 e. The highest BCUT2D eigenvalue weighted by molar-refractivity contribution is 5.82. The largest absolute Gasteiger partial charge is 0.480 e. The van der Waals surface area contributed by atoms with Crippen LogP contribution in [0.15, 0.2) is 0 Å². The molecule has 2 amide bonds. The van der Waals surface area contributed by atoms with Crippen LogP contribution in [0.2, 0.25) is 0 Å². The van der Waals surface area contributed by atoms with Crippen LogP contribution in [0.5, 0.6) is 0 Å². The summed E-state index contributed by atoms with van der Waals surface area (Å²) in [6, 6.07) is -0.597. The SMILES string of the molecule is CCCC(NC(=O)N1CCC2CCCCC21)C(=O)O. The van der Waals surface area contributed by atoms with Crippen LogP contribution in [-0.4, -0.2) is 40.6 Å². The smallest absolute Gasteiger partial charge is 0.326 e. The van der Waals surface area contributed by atoms with E-state index in [0.29, 0.717) is 18.4 Å². The molecular weight excluding hydrogens is 244 g/mol. The lowest BCUT2D eigenvalue weighted by molar-refractivity contribution is -0.139. The molecule has 5 heteroatoms. The van der Waals surface area contributed by atoms with Gasteiger partial charge in [0.1, 0.15) is 6.04 Å². The Balaban J connectivity index is 1.93. The zero-order valence-electron chi connectivity index (χ0n) is 11.6. The van der Waals surface area contributed by atoms with Gasteiger partial charge in [0, 0.05) is 12.6 Å². The van der Waals surface area contributed by atoms with Gasteiger partial charge >= 0.3 is 12.0 Å². The molecule has 5 nitrogen and oxygen atoms in total. The number of nitrogens with one attached hydrogen (secondary N) is 1. The molecule has 0 radical (unpaired) electrons. The van der Waals surface area contributed by atoms with Gasteiger partial charge in [-0.2, -0.15) is 0 Å². The fraction of sp³-hybridized carbons (Fsp3) is 0.857. The number of amides is 2. The van der Waals surface area contributed by atoms with Gasteiger partial charge in [-0.15, -0.1) is 0 Å². The quantitative estimate of drug-likeness (QED) is 0.821. The van der Waals surface area contributed by atoms with Crippen LogP contribution in [-0.2, 0) is 4.79 Å². The number of carbonyl (C=O) groups excluding carboxylic acids is 1. The number of fused-ring (bicyclic) bond motifs is 1. The van der Waals surface area contributed by atoms with Crippen molar-refractivity contribution in [1.29, 1.82) is 0 Å². The molecule has 3 unspecified atom stereocenters. The summed E-state index contributed by atoms with van der Waals surface area (Å²) in [4.78, 5) is 25.2. The maximum Gasteiger partial charge on any atom is 0.326 e. The van der Waals surface area contributed by atoms with Gasteiger partial charge in [0.05, 0.1) is 0 Å². The first-order chi connectivity index (χ1) is 9.13. The number of carbonyl (C=O) groups is 2. The zero-order chi connectivity index (χ0) is 13.8. The van der Waals surface area contributed by atoms with Crippen molar-refractivity contribution in [1.82, 2.24) is 10.2 Å². The number of urea groups is 1. The van der Waals surface area contributed by atoms with Crippen molar-refractivity contribution in [2.24, 2.45) is 5.92 Å². The van der Waals surface area contributed by atoms with Crippen LogP contribution in [0.4, 0.5) is 4.79 Å². The van der Waals surface area contributed by atoms with Gasteiger partial charge in [-0.25, -0.2) is 9.59 Å². The molecule has 2 fully saturated rings. The summed E-state index contributed by atoms with van der Waals surface area (Å²) in [7, 11) is 0. The van der Waals surface area contributed by atoms with Crippen molar-refractivity contribution in [3.05, 3.63) is 0 Å². The van der Waals surface area contributed by atoms with Crippen molar-refractivity contribution < 1.29 is 14.7 Å². The first-order valence-corrected chi connectivity index (χ1v) is 7.43. The molecule has 3 atom stereocenters. The zero-order valence-corrected chi connectivity index (χ0v) is 11.6. The molecule has 0 aromatic heterocycles. The highest BCUT2D eigenvalue weighted by atomic mass is 16.4. The molecular formula is C14H24N2O3. The summed E-state index contributed by atoms with van der Waals surface area (Å²) >= 11 is 0. The summed E-state index contributed by atoms with van der Waals surface area (Å²) in [6.45, 7) is 2.70. The van der Waals surface area contributed by atoms with Gasteiger partial charge in [0.2, 0.25) is 0 Å². The highest BCUT2D eigenvalue weighted by Crippen LogP contribution is 2.36. The summed E-state index contributed by atoms with van der Waals surface area (Å²) in [5.41, 5.74) is 0. The second kappa shape index (κ2) is 6.26. The van der Waals surface area contributed by atoms with Crippen molar-refractivity contribution >= 4 is 12.0 Å². The highest BCUT2D eigenvalue weighted by Gasteiger charge is 2.38. The number of hydrogen-bond acceptors (Lipinski definition) is 2. The topological polar surface area (TPSA) is 69.6 Å². The number of rotatable bonds is 4. The average molecular weight is 268 g/mol. The Kier molecular flexibility index (Phi) is 4.66. The van der Waals surface area contributed by atoms with E-state index in [4.69, 9.17) is 5.11 Å². The minimum absolute atomic E-state index is 0.185. The Morgan fingerprint density at radius 3 is 2.74 bits per heavy atom. The molecule has 2 aliphatic rings. The lowest BCUT2D eigenvalue weighted by atomic mass is 9.85. The van der Waals surface area contributed by atoms with Gasteiger partial charge in [-0.05, 0) is 31.6 Å². The van der Waals surface area contributed by atoms with E-state index in [-0.39, 0.29) is 6.03 Å². The second-order valence-corrected chi connectivity index (χ2v) is 5.72. The molecule has 0 aromatic rings. The van der Waals surface area contributed by atoms with E-state index in [9.17, 15) is 9.59 Å². The maximum atomic E-state index is 12.2. The van der Waals surface area contributed by atoms with Gasteiger partial charge in [-0.3, -0.25) is 0 Å². The maximum absolute atomic E-state index is 12.2. The molecule has 1 saturated heterocycles. The Hall–Kier alpha value is -1.26. The molecule has 19 heavy (non-hydrogen) atoms. The Morgan fingerprint density at radius 1 is 1.32 bits per heavy atom. The van der Waals surface area contributed by atoms with E-state index in [2.05, 4.69) is 5.32 Å². The predicted molar refractivity (Wildman–Crippen MR) is 71.9 cm³/mol. The summed E-state index contributed by atoms with van der Waals surface area (Å²) < 4.78 is 0. The molecule has 1 heterocycles. The third-order valence-electron chi connectivity index (χ3n) is 4.44. The molecule has 1 aliphatic carbocycles. The van der Waals surface area contributed by atoms with E-state index >= 15 is 0 Å². The third-order valence-corrected chi connectivity index (χ3v) is 4.44. The number of nitrogens with zero attached hydrogens (tertiary/aromatic N) is 1. The lowest BCUT2D eigenvalue weighted by Crippen LogP contribution is -2.50. The van der Waals surface area contributed by atoms with Crippen LogP contribution in [0.3, 0.4) is 0 Å². The third kappa shape index (κ3) is 3.19. The molecule has 0 aromatic carbocycles. The van der Waals surface area contributed by atoms with Gasteiger partial charge < -0.3 is 15.3 Å². The van der Waals surface area contributed by atoms with E-state index in [0.717, 1.165) is 25.8 Å². The average Bonchev–Trinajstić information content (AvgIpc) is 2.81. The molecule has 0 bridgehead atoms. The van der Waals surface area contributed by atoms with Crippen LogP contribution < -0.4 is 5.32 Å². The fourth-order valence-electron chi connectivity index (χ4n) is 3.44. The molecule has 108 valence electrons. The number of likely N-dealkylation sites (tertiary alicyclic amines) is 1. The molecule has 1 saturated carbocycles. The number of carboxylic acids is 1. The van der Waals surface area contributed by atoms with E-state index in [1.807, 2.05) is 11.8 Å². The van der Waals surface area contributed by atoms with Crippen LogP contribution in [0.1, 0.15) is 51.9 Å².